The minimum Gasteiger partial charge on any atom is -0.478 e. The van der Waals surface area contributed by atoms with E-state index in [0.29, 0.717) is 21.8 Å². The van der Waals surface area contributed by atoms with Crippen LogP contribution in [0.1, 0.15) is 57.9 Å². The molecule has 15 heteroatoms. The largest absolute Gasteiger partial charge is 0.478 e. The molecule has 208 valence electrons. The van der Waals surface area contributed by atoms with Gasteiger partial charge < -0.3 is 15.2 Å². The number of nitriles is 2. The van der Waals surface area contributed by atoms with Gasteiger partial charge in [-0.05, 0) is 18.6 Å². The second-order valence-electron chi connectivity index (χ2n) is 8.83. The number of hydrogen-bond donors (Lipinski definition) is 3. The van der Waals surface area contributed by atoms with Crippen LogP contribution in [0, 0.1) is 29.6 Å². The molecule has 4 rings (SSSR count). The number of benzene rings is 1. The summed E-state index contributed by atoms with van der Waals surface area (Å²) in [7, 11) is 1.25. The molecule has 0 aliphatic heterocycles. The fourth-order valence-electron chi connectivity index (χ4n) is 3.88. The van der Waals surface area contributed by atoms with E-state index in [9.17, 15) is 30.0 Å². The minimum atomic E-state index is -1.15. The molecule has 0 spiro atoms. The first kappa shape index (κ1) is 28.6. The average molecular weight is 574 g/mol. The minimum absolute atomic E-state index is 0.00756. The van der Waals surface area contributed by atoms with Crippen molar-refractivity contribution in [2.24, 2.45) is 10.2 Å². The van der Waals surface area contributed by atoms with Crippen LogP contribution < -0.4 is 5.32 Å². The van der Waals surface area contributed by atoms with E-state index in [1.54, 1.807) is 32.0 Å². The number of aromatic carboxylic acids is 1. The van der Waals surface area contributed by atoms with E-state index in [1.807, 2.05) is 12.1 Å². The smallest absolute Gasteiger partial charge is 0.336 e. The highest BCUT2D eigenvalue weighted by molar-refractivity contribution is 7.16. The summed E-state index contributed by atoms with van der Waals surface area (Å²) in [6, 6.07) is 10.4. The van der Waals surface area contributed by atoms with Gasteiger partial charge in [-0.2, -0.15) is 15.2 Å². The molecule has 0 bridgehead atoms. The summed E-state index contributed by atoms with van der Waals surface area (Å²) in [6.45, 7) is 3.64. The van der Waals surface area contributed by atoms with Crippen molar-refractivity contribution < 1.29 is 24.2 Å². The lowest BCUT2D eigenvalue weighted by molar-refractivity contribution is -0.142. The molecule has 1 atom stereocenters. The molecule has 1 unspecified atom stereocenters. The molecule has 41 heavy (non-hydrogen) atoms. The van der Waals surface area contributed by atoms with E-state index in [-0.39, 0.29) is 64.4 Å². The number of thiophene rings is 1. The van der Waals surface area contributed by atoms with Crippen LogP contribution >= 0.6 is 11.3 Å². The third kappa shape index (κ3) is 5.95. The van der Waals surface area contributed by atoms with Crippen LogP contribution in [0.15, 0.2) is 34.5 Å². The fraction of sp³-hybridized carbons (Fsp3) is 0.269. The number of rotatable bonds is 10. The predicted octanol–water partition coefficient (Wildman–Crippen LogP) is 4.12. The second-order valence-corrected chi connectivity index (χ2v) is 9.83. The van der Waals surface area contributed by atoms with Gasteiger partial charge in [-0.1, -0.05) is 25.1 Å². The third-order valence-corrected chi connectivity index (χ3v) is 7.21. The summed E-state index contributed by atoms with van der Waals surface area (Å²) in [5.74, 6) is -1.95. The van der Waals surface area contributed by atoms with Crippen molar-refractivity contribution in [3.8, 4) is 23.4 Å². The van der Waals surface area contributed by atoms with E-state index in [4.69, 9.17) is 0 Å². The van der Waals surface area contributed by atoms with Gasteiger partial charge in [0.1, 0.15) is 17.0 Å². The number of aromatic nitrogens is 4. The van der Waals surface area contributed by atoms with Crippen molar-refractivity contribution in [1.29, 1.82) is 10.5 Å². The number of nitrogens with zero attached hydrogens (tertiary/aromatic N) is 7. The SMILES string of the molecule is COC(=O)CCC(=O)NCC(C)c1nc2c(N=Nc3sc(C#N)c(C)c3C#N)c(-c3ccccc3C(=O)O)[nH]n2n1. The summed E-state index contributed by atoms with van der Waals surface area (Å²) < 4.78 is 5.88. The van der Waals surface area contributed by atoms with E-state index in [2.05, 4.69) is 35.5 Å². The van der Waals surface area contributed by atoms with Crippen LogP contribution in [0.4, 0.5) is 10.7 Å². The Balaban J connectivity index is 1.72. The molecule has 14 nitrogen and oxygen atoms in total. The van der Waals surface area contributed by atoms with Crippen molar-refractivity contribution in [2.75, 3.05) is 13.7 Å². The lowest BCUT2D eigenvalue weighted by Gasteiger charge is -2.09. The van der Waals surface area contributed by atoms with Crippen LogP contribution in [0.2, 0.25) is 0 Å². The first-order valence-electron chi connectivity index (χ1n) is 12.2. The maximum absolute atomic E-state index is 12.1. The molecule has 4 aromatic rings. The number of ether oxygens (including phenoxy) is 1. The number of azo groups is 1. The number of hydrogen-bond acceptors (Lipinski definition) is 11. The predicted molar refractivity (Wildman–Crippen MR) is 145 cm³/mol. The molecule has 0 aliphatic carbocycles. The molecule has 0 fully saturated rings. The van der Waals surface area contributed by atoms with Crippen LogP contribution in [-0.2, 0) is 14.3 Å². The van der Waals surface area contributed by atoms with Gasteiger partial charge in [-0.3, -0.25) is 14.7 Å². The number of carbonyl (C=O) groups is 3. The van der Waals surface area contributed by atoms with Gasteiger partial charge >= 0.3 is 11.9 Å². The van der Waals surface area contributed by atoms with E-state index in [0.717, 1.165) is 11.3 Å². The normalized spacial score (nSPS) is 11.7. The number of methoxy groups -OCH3 is 1. The van der Waals surface area contributed by atoms with Gasteiger partial charge in [0.15, 0.2) is 16.5 Å². The maximum Gasteiger partial charge on any atom is 0.336 e. The summed E-state index contributed by atoms with van der Waals surface area (Å²) in [5, 5.41) is 47.7. The van der Waals surface area contributed by atoms with Crippen LogP contribution in [0.25, 0.3) is 16.9 Å². The van der Waals surface area contributed by atoms with Gasteiger partial charge in [0.05, 0.1) is 30.4 Å². The van der Waals surface area contributed by atoms with Gasteiger partial charge in [0.25, 0.3) is 0 Å². The number of aromatic amines is 1. The molecule has 0 saturated carbocycles. The van der Waals surface area contributed by atoms with Crippen molar-refractivity contribution in [1.82, 2.24) is 25.1 Å². The topological polar surface area (TPSA) is 211 Å². The highest BCUT2D eigenvalue weighted by Crippen LogP contribution is 2.39. The van der Waals surface area contributed by atoms with Crippen LogP contribution in [0.3, 0.4) is 0 Å². The standard InChI is InChI=1S/C26H23N9O5S/c1-13(12-29-19(36)8-9-20(37)40-3)23-30-24-22(31-32-25-17(10-27)14(2)18(11-28)41-25)21(33-35(24)34-23)15-6-4-5-7-16(15)26(38)39/h4-7,13,33H,8-9,12H2,1-3H3,(H,29,36)(H,38,39). The number of fused-ring (bicyclic) bond motifs is 1. The molecule has 3 N–H and O–H groups in total. The summed E-state index contributed by atoms with van der Waals surface area (Å²) >= 11 is 1.01. The maximum atomic E-state index is 12.1. The van der Waals surface area contributed by atoms with Crippen molar-refractivity contribution in [3.05, 3.63) is 51.7 Å². The van der Waals surface area contributed by atoms with Gasteiger partial charge in [-0.15, -0.1) is 26.7 Å². The first-order chi connectivity index (χ1) is 19.7. The molecule has 0 saturated heterocycles. The highest BCUT2D eigenvalue weighted by atomic mass is 32.1. The van der Waals surface area contributed by atoms with Crippen molar-refractivity contribution in [2.45, 2.75) is 32.6 Å². The molecule has 1 amide bonds. The molecular weight excluding hydrogens is 550 g/mol. The number of carboxylic acid groups (broad SMARTS) is 1. The van der Waals surface area contributed by atoms with Gasteiger partial charge in [0.2, 0.25) is 11.6 Å². The molecule has 3 aromatic heterocycles. The number of carboxylic acids is 1. The average Bonchev–Trinajstić information content (AvgIpc) is 3.63. The van der Waals surface area contributed by atoms with E-state index >= 15 is 0 Å². The number of esters is 1. The summed E-state index contributed by atoms with van der Waals surface area (Å²) in [4.78, 5) is 40.2. The monoisotopic (exact) mass is 573 g/mol. The number of amides is 1. The Kier molecular flexibility index (Phi) is 8.50. The Labute approximate surface area is 236 Å². The molecular formula is C26H23N9O5S. The fourth-order valence-corrected chi connectivity index (χ4v) is 4.75. The first-order valence-corrected chi connectivity index (χ1v) is 13.0. The zero-order valence-electron chi connectivity index (χ0n) is 22.1. The number of nitrogens with one attached hydrogen (secondary N) is 2. The van der Waals surface area contributed by atoms with Gasteiger partial charge in [0, 0.05) is 24.4 Å². The Bertz CT molecular complexity index is 1770. The molecule has 3 heterocycles. The molecule has 0 radical (unpaired) electrons. The Morgan fingerprint density at radius 1 is 1.22 bits per heavy atom. The Morgan fingerprint density at radius 3 is 2.66 bits per heavy atom. The molecule has 1 aromatic carbocycles. The van der Waals surface area contributed by atoms with Gasteiger partial charge in [-0.25, -0.2) is 9.78 Å². The number of H-pyrrole nitrogens is 1. The van der Waals surface area contributed by atoms with Crippen molar-refractivity contribution >= 4 is 45.5 Å². The number of carbonyl (C=O) groups excluding carboxylic acids is 2. The zero-order chi connectivity index (χ0) is 29.7. The summed E-state index contributed by atoms with van der Waals surface area (Å²) in [5.41, 5.74) is 1.71. The lowest BCUT2D eigenvalue weighted by Crippen LogP contribution is -2.28. The Hall–Kier alpha value is -5.41. The van der Waals surface area contributed by atoms with Crippen LogP contribution in [-0.4, -0.2) is 56.4 Å². The highest BCUT2D eigenvalue weighted by Gasteiger charge is 2.24. The second kappa shape index (κ2) is 12.2. The van der Waals surface area contributed by atoms with Crippen molar-refractivity contribution in [3.63, 3.8) is 0 Å². The Morgan fingerprint density at radius 2 is 1.98 bits per heavy atom. The summed E-state index contributed by atoms with van der Waals surface area (Å²) in [6.07, 6.45) is -0.0569. The van der Waals surface area contributed by atoms with E-state index in [1.165, 1.54) is 17.8 Å². The third-order valence-electron chi connectivity index (χ3n) is 6.13. The van der Waals surface area contributed by atoms with E-state index < -0.39 is 11.9 Å². The lowest BCUT2D eigenvalue weighted by atomic mass is 10.0. The quantitative estimate of drug-likeness (QED) is 0.184. The zero-order valence-corrected chi connectivity index (χ0v) is 22.9. The van der Waals surface area contributed by atoms with Crippen LogP contribution in [0.5, 0.6) is 0 Å². The molecule has 0 aliphatic rings.